The molecular formula is C28H28N2O3S. The summed E-state index contributed by atoms with van der Waals surface area (Å²) in [6.07, 6.45) is 4.83. The van der Waals surface area contributed by atoms with Crippen LogP contribution in [0.3, 0.4) is 0 Å². The van der Waals surface area contributed by atoms with Gasteiger partial charge in [-0.3, -0.25) is 0 Å². The van der Waals surface area contributed by atoms with Gasteiger partial charge in [0.2, 0.25) is 0 Å². The highest BCUT2D eigenvalue weighted by Crippen LogP contribution is 2.44. The first-order chi connectivity index (χ1) is 16.3. The maximum atomic E-state index is 12.3. The fourth-order valence-corrected chi connectivity index (χ4v) is 5.39. The van der Waals surface area contributed by atoms with Crippen LogP contribution in [0.25, 0.3) is 0 Å². The molecule has 6 heteroatoms. The molecule has 1 atom stereocenters. The number of fused-ring (bicyclic) bond motifs is 1. The van der Waals surface area contributed by atoms with E-state index in [0.717, 1.165) is 29.8 Å². The van der Waals surface area contributed by atoms with E-state index in [-0.39, 0.29) is 5.41 Å². The van der Waals surface area contributed by atoms with Crippen LogP contribution < -0.4 is 9.47 Å². The second-order valence-corrected chi connectivity index (χ2v) is 10.6. The van der Waals surface area contributed by atoms with Gasteiger partial charge in [0.05, 0.1) is 18.2 Å². The maximum absolute atomic E-state index is 12.3. The van der Waals surface area contributed by atoms with Crippen molar-refractivity contribution in [1.29, 1.82) is 5.26 Å². The number of benzene rings is 2. The number of esters is 1. The van der Waals surface area contributed by atoms with E-state index in [4.69, 9.17) is 9.47 Å². The number of ether oxygens (including phenoxy) is 2. The summed E-state index contributed by atoms with van der Waals surface area (Å²) < 4.78 is 10.6. The molecule has 4 rings (SSSR count). The number of hydrogen-bond acceptors (Lipinski definition) is 6. The quantitative estimate of drug-likeness (QED) is 0.234. The molecule has 1 aliphatic carbocycles. The number of carbonyl (C=O) groups is 1. The lowest BCUT2D eigenvalue weighted by Crippen LogP contribution is -2.26. The molecule has 0 unspecified atom stereocenters. The average Bonchev–Trinajstić information content (AvgIpc) is 3.19. The Bertz CT molecular complexity index is 1240. The molecule has 0 radical (unpaired) electrons. The predicted molar refractivity (Wildman–Crippen MR) is 136 cm³/mol. The van der Waals surface area contributed by atoms with E-state index in [2.05, 4.69) is 31.8 Å². The topological polar surface area (TPSA) is 71.7 Å². The molecule has 0 aliphatic heterocycles. The van der Waals surface area contributed by atoms with Gasteiger partial charge in [0.1, 0.15) is 22.6 Å². The molecule has 1 heterocycles. The first-order valence-corrected chi connectivity index (χ1v) is 12.1. The second-order valence-electron chi connectivity index (χ2n) is 9.55. The molecule has 0 saturated carbocycles. The van der Waals surface area contributed by atoms with Crippen molar-refractivity contribution >= 4 is 28.5 Å². The molecule has 0 N–H and O–H groups in total. The Morgan fingerprint density at radius 2 is 1.79 bits per heavy atom. The van der Waals surface area contributed by atoms with Crippen molar-refractivity contribution in [2.75, 3.05) is 7.11 Å². The fourth-order valence-electron chi connectivity index (χ4n) is 4.17. The van der Waals surface area contributed by atoms with E-state index < -0.39 is 5.97 Å². The zero-order chi connectivity index (χ0) is 24.3. The number of hydrogen-bond donors (Lipinski definition) is 0. The van der Waals surface area contributed by atoms with E-state index in [9.17, 15) is 10.1 Å². The lowest BCUT2D eigenvalue weighted by molar-refractivity contribution is 0.0734. The van der Waals surface area contributed by atoms with E-state index in [0.29, 0.717) is 28.5 Å². The third-order valence-electron chi connectivity index (χ3n) is 6.33. The molecule has 1 aromatic heterocycles. The van der Waals surface area contributed by atoms with Crippen LogP contribution in [-0.4, -0.2) is 19.3 Å². The van der Waals surface area contributed by atoms with Gasteiger partial charge in [0, 0.05) is 11.1 Å². The summed E-state index contributed by atoms with van der Waals surface area (Å²) in [5, 5.41) is 10.5. The third kappa shape index (κ3) is 5.21. The Balaban J connectivity index is 1.45. The van der Waals surface area contributed by atoms with Crippen LogP contribution in [0.1, 0.15) is 59.1 Å². The maximum Gasteiger partial charge on any atom is 0.343 e. The summed E-state index contributed by atoms with van der Waals surface area (Å²) in [6, 6.07) is 16.3. The lowest BCUT2D eigenvalue weighted by atomic mass is 9.72. The monoisotopic (exact) mass is 472 g/mol. The lowest BCUT2D eigenvalue weighted by Gasteiger charge is -2.33. The summed E-state index contributed by atoms with van der Waals surface area (Å²) in [5.41, 5.74) is 3.48. The molecule has 0 saturated heterocycles. The number of carbonyl (C=O) groups excluding carboxylic acids is 1. The fraction of sp³-hybridized carbons (Fsp3) is 0.321. The molecule has 5 nitrogen and oxygen atoms in total. The molecule has 2 aromatic carbocycles. The van der Waals surface area contributed by atoms with Crippen molar-refractivity contribution in [2.24, 2.45) is 16.3 Å². The van der Waals surface area contributed by atoms with Crippen LogP contribution in [0, 0.1) is 22.7 Å². The SMILES string of the molecule is COc1ccc(C(=O)Oc2ccc(C=Nc3sc4c(c3C#N)CC[C@@H](C(C)(C)C)C4)cc2)cc1. The van der Waals surface area contributed by atoms with E-state index in [1.807, 2.05) is 12.1 Å². The Morgan fingerprint density at radius 3 is 2.41 bits per heavy atom. The first kappa shape index (κ1) is 23.7. The number of nitriles is 1. The molecule has 1 aliphatic rings. The summed E-state index contributed by atoms with van der Waals surface area (Å²) >= 11 is 1.64. The number of aliphatic imine (C=N–C) groups is 1. The molecule has 0 amide bonds. The summed E-state index contributed by atoms with van der Waals surface area (Å²) in [5.74, 6) is 1.33. The minimum absolute atomic E-state index is 0.260. The van der Waals surface area contributed by atoms with Crippen LogP contribution in [0.15, 0.2) is 53.5 Å². The Hall–Kier alpha value is -3.43. The molecule has 34 heavy (non-hydrogen) atoms. The van der Waals surface area contributed by atoms with E-state index >= 15 is 0 Å². The van der Waals surface area contributed by atoms with Crippen molar-refractivity contribution in [3.05, 3.63) is 75.7 Å². The molecule has 3 aromatic rings. The van der Waals surface area contributed by atoms with Crippen LogP contribution in [0.2, 0.25) is 0 Å². The van der Waals surface area contributed by atoms with Crippen molar-refractivity contribution in [3.8, 4) is 17.6 Å². The summed E-state index contributed by atoms with van der Waals surface area (Å²) in [7, 11) is 1.58. The smallest absolute Gasteiger partial charge is 0.343 e. The molecular weight excluding hydrogens is 444 g/mol. The van der Waals surface area contributed by atoms with Crippen molar-refractivity contribution < 1.29 is 14.3 Å². The van der Waals surface area contributed by atoms with Gasteiger partial charge in [-0.1, -0.05) is 20.8 Å². The Kier molecular flexibility index (Phi) is 6.85. The van der Waals surface area contributed by atoms with Gasteiger partial charge in [0.25, 0.3) is 0 Å². The van der Waals surface area contributed by atoms with Crippen LogP contribution in [0.5, 0.6) is 11.5 Å². The van der Waals surface area contributed by atoms with Gasteiger partial charge >= 0.3 is 5.97 Å². The zero-order valence-corrected chi connectivity index (χ0v) is 20.7. The Labute approximate surface area is 204 Å². The second kappa shape index (κ2) is 9.82. The highest BCUT2D eigenvalue weighted by Gasteiger charge is 2.32. The molecule has 0 spiro atoms. The van der Waals surface area contributed by atoms with Gasteiger partial charge < -0.3 is 9.47 Å². The van der Waals surface area contributed by atoms with Crippen molar-refractivity contribution in [2.45, 2.75) is 40.0 Å². The highest BCUT2D eigenvalue weighted by atomic mass is 32.1. The van der Waals surface area contributed by atoms with E-state index in [1.165, 1.54) is 10.4 Å². The third-order valence-corrected chi connectivity index (χ3v) is 7.49. The molecule has 0 bridgehead atoms. The number of nitrogens with zero attached hydrogens (tertiary/aromatic N) is 2. The summed E-state index contributed by atoms with van der Waals surface area (Å²) in [6.45, 7) is 6.87. The zero-order valence-electron chi connectivity index (χ0n) is 19.9. The standard InChI is InChI=1S/C28H28N2O3S/c1-28(2,3)20-9-14-23-24(16-29)26(34-25(23)15-20)30-17-18-5-10-22(11-6-18)33-27(31)19-7-12-21(32-4)13-8-19/h5-8,10-13,17,20H,9,14-15H2,1-4H3/t20-/m1/s1. The average molecular weight is 473 g/mol. The van der Waals surface area contributed by atoms with Gasteiger partial charge in [0.15, 0.2) is 0 Å². The van der Waals surface area contributed by atoms with Crippen molar-refractivity contribution in [1.82, 2.24) is 0 Å². The van der Waals surface area contributed by atoms with Crippen molar-refractivity contribution in [3.63, 3.8) is 0 Å². The summed E-state index contributed by atoms with van der Waals surface area (Å²) in [4.78, 5) is 18.3. The predicted octanol–water partition coefficient (Wildman–Crippen LogP) is 6.75. The van der Waals surface area contributed by atoms with Crippen LogP contribution in [0.4, 0.5) is 5.00 Å². The number of rotatable bonds is 5. The van der Waals surface area contributed by atoms with Gasteiger partial charge in [-0.05, 0) is 90.3 Å². The molecule has 174 valence electrons. The highest BCUT2D eigenvalue weighted by molar-refractivity contribution is 7.16. The van der Waals surface area contributed by atoms with Gasteiger partial charge in [-0.15, -0.1) is 11.3 Å². The van der Waals surface area contributed by atoms with Crippen LogP contribution in [-0.2, 0) is 12.8 Å². The molecule has 0 fully saturated rings. The minimum Gasteiger partial charge on any atom is -0.497 e. The Morgan fingerprint density at radius 1 is 1.12 bits per heavy atom. The normalized spacial score (nSPS) is 15.6. The largest absolute Gasteiger partial charge is 0.497 e. The van der Waals surface area contributed by atoms with E-state index in [1.54, 1.807) is 61.1 Å². The van der Waals surface area contributed by atoms with Gasteiger partial charge in [-0.25, -0.2) is 9.79 Å². The number of thiophene rings is 1. The minimum atomic E-state index is -0.430. The first-order valence-electron chi connectivity index (χ1n) is 11.3. The van der Waals surface area contributed by atoms with Crippen LogP contribution >= 0.6 is 11.3 Å². The van der Waals surface area contributed by atoms with Gasteiger partial charge in [-0.2, -0.15) is 5.26 Å². The number of methoxy groups -OCH3 is 1.